The Morgan fingerprint density at radius 1 is 1.07 bits per heavy atom. The molecule has 3 aromatic rings. The van der Waals surface area contributed by atoms with Crippen LogP contribution in [0.4, 0.5) is 11.4 Å². The molecule has 0 saturated carbocycles. The number of benzene rings is 2. The number of fused-ring (bicyclic) bond motifs is 1. The molecule has 1 aromatic heterocycles. The lowest BCUT2D eigenvalue weighted by molar-refractivity contribution is 0.0636. The van der Waals surface area contributed by atoms with E-state index in [2.05, 4.69) is 22.1 Å². The first kappa shape index (κ1) is 20.6. The second-order valence-electron chi connectivity index (χ2n) is 7.71. The van der Waals surface area contributed by atoms with Crippen molar-refractivity contribution >= 4 is 39.8 Å². The van der Waals surface area contributed by atoms with Crippen LogP contribution in [0.15, 0.2) is 54.7 Å². The number of hydrogen-bond donors (Lipinski definition) is 1. The Hall–Kier alpha value is -2.63. The number of piperazine rings is 1. The van der Waals surface area contributed by atoms with Gasteiger partial charge in [-0.1, -0.05) is 24.9 Å². The quantitative estimate of drug-likeness (QED) is 0.593. The van der Waals surface area contributed by atoms with Crippen molar-refractivity contribution in [3.05, 3.63) is 65.3 Å². The third-order valence-electron chi connectivity index (χ3n) is 5.60. The minimum absolute atomic E-state index is 0.112. The van der Waals surface area contributed by atoms with E-state index in [9.17, 15) is 4.79 Å². The van der Waals surface area contributed by atoms with Gasteiger partial charge in [0.25, 0.3) is 5.91 Å². The van der Waals surface area contributed by atoms with Crippen LogP contribution in [-0.4, -0.2) is 53.4 Å². The number of unbranched alkanes of at least 4 members (excludes halogenated alkanes) is 1. The van der Waals surface area contributed by atoms with Crippen molar-refractivity contribution in [3.63, 3.8) is 0 Å². The first-order valence-corrected chi connectivity index (χ1v) is 10.9. The fraction of sp³-hybridized carbons (Fsp3) is 0.333. The molecule has 1 amide bonds. The summed E-state index contributed by atoms with van der Waals surface area (Å²) in [6, 6.07) is 15.3. The van der Waals surface area contributed by atoms with Crippen molar-refractivity contribution in [2.75, 3.05) is 38.0 Å². The number of nitrogens with zero attached hydrogens (tertiary/aromatic N) is 3. The molecular formula is C24H27ClN4O. The van der Waals surface area contributed by atoms with E-state index in [1.807, 2.05) is 53.4 Å². The van der Waals surface area contributed by atoms with Crippen molar-refractivity contribution in [3.8, 4) is 0 Å². The molecule has 156 valence electrons. The number of amides is 1. The van der Waals surface area contributed by atoms with E-state index >= 15 is 0 Å². The molecule has 1 fully saturated rings. The van der Waals surface area contributed by atoms with Gasteiger partial charge in [-0.25, -0.2) is 0 Å². The molecule has 0 aliphatic carbocycles. The van der Waals surface area contributed by atoms with Crippen molar-refractivity contribution < 1.29 is 4.79 Å². The molecule has 0 bridgehead atoms. The molecule has 1 N–H and O–H groups in total. The van der Waals surface area contributed by atoms with Crippen LogP contribution in [-0.2, 0) is 0 Å². The molecule has 6 heteroatoms. The van der Waals surface area contributed by atoms with E-state index in [0.29, 0.717) is 5.02 Å². The smallest absolute Gasteiger partial charge is 0.253 e. The monoisotopic (exact) mass is 422 g/mol. The van der Waals surface area contributed by atoms with E-state index in [1.54, 1.807) is 6.20 Å². The Morgan fingerprint density at radius 2 is 1.83 bits per heavy atom. The largest absolute Gasteiger partial charge is 0.355 e. The van der Waals surface area contributed by atoms with E-state index < -0.39 is 0 Å². The lowest BCUT2D eigenvalue weighted by Gasteiger charge is -2.34. The lowest BCUT2D eigenvalue weighted by atomic mass is 10.1. The summed E-state index contributed by atoms with van der Waals surface area (Å²) < 4.78 is 0. The summed E-state index contributed by atoms with van der Waals surface area (Å²) in [5, 5.41) is 5.09. The molecule has 1 saturated heterocycles. The highest BCUT2D eigenvalue weighted by molar-refractivity contribution is 6.31. The summed E-state index contributed by atoms with van der Waals surface area (Å²) in [7, 11) is 0. The molecule has 0 radical (unpaired) electrons. The Morgan fingerprint density at radius 3 is 2.57 bits per heavy atom. The van der Waals surface area contributed by atoms with Gasteiger partial charge in [-0.3, -0.25) is 14.7 Å². The van der Waals surface area contributed by atoms with Crippen molar-refractivity contribution in [1.82, 2.24) is 14.8 Å². The van der Waals surface area contributed by atoms with E-state index in [0.717, 1.165) is 60.6 Å². The SMILES string of the molecule is CCCCN1CCN(C(=O)c2ccc(Nc3ccnc4cc(Cl)ccc34)cc2)CC1. The average molecular weight is 423 g/mol. The van der Waals surface area contributed by atoms with Gasteiger partial charge in [-0.15, -0.1) is 0 Å². The number of halogens is 1. The third kappa shape index (κ3) is 4.74. The van der Waals surface area contributed by atoms with Crippen LogP contribution in [0, 0.1) is 0 Å². The first-order valence-electron chi connectivity index (χ1n) is 10.6. The number of carbonyl (C=O) groups is 1. The Balaban J connectivity index is 1.41. The van der Waals surface area contributed by atoms with Crippen molar-refractivity contribution in [2.45, 2.75) is 19.8 Å². The minimum Gasteiger partial charge on any atom is -0.355 e. The van der Waals surface area contributed by atoms with Crippen LogP contribution in [0.1, 0.15) is 30.1 Å². The van der Waals surface area contributed by atoms with Gasteiger partial charge >= 0.3 is 0 Å². The molecule has 0 atom stereocenters. The van der Waals surface area contributed by atoms with Crippen LogP contribution in [0.2, 0.25) is 5.02 Å². The topological polar surface area (TPSA) is 48.5 Å². The van der Waals surface area contributed by atoms with Gasteiger partial charge in [0.05, 0.1) is 5.52 Å². The van der Waals surface area contributed by atoms with Gasteiger partial charge in [-0.05, 0) is 61.5 Å². The maximum absolute atomic E-state index is 12.9. The Kier molecular flexibility index (Phi) is 6.50. The molecular weight excluding hydrogens is 396 g/mol. The molecule has 30 heavy (non-hydrogen) atoms. The van der Waals surface area contributed by atoms with Crippen LogP contribution in [0.5, 0.6) is 0 Å². The van der Waals surface area contributed by atoms with Gasteiger partial charge in [0, 0.05) is 59.7 Å². The van der Waals surface area contributed by atoms with Crippen LogP contribution < -0.4 is 5.32 Å². The zero-order valence-corrected chi connectivity index (χ0v) is 18.0. The number of carbonyl (C=O) groups excluding carboxylic acids is 1. The Labute approximate surface area is 182 Å². The summed E-state index contributed by atoms with van der Waals surface area (Å²) >= 11 is 6.07. The predicted octanol–water partition coefficient (Wildman–Crippen LogP) is 5.19. The second-order valence-corrected chi connectivity index (χ2v) is 8.15. The maximum atomic E-state index is 12.9. The molecule has 0 unspecified atom stereocenters. The van der Waals surface area contributed by atoms with Gasteiger partial charge in [0.15, 0.2) is 0 Å². The lowest BCUT2D eigenvalue weighted by Crippen LogP contribution is -2.48. The summed E-state index contributed by atoms with van der Waals surface area (Å²) in [5.74, 6) is 0.112. The number of anilines is 2. The summed E-state index contributed by atoms with van der Waals surface area (Å²) in [5.41, 5.74) is 3.46. The number of nitrogens with one attached hydrogen (secondary N) is 1. The highest BCUT2D eigenvalue weighted by Crippen LogP contribution is 2.27. The van der Waals surface area contributed by atoms with Crippen molar-refractivity contribution in [2.24, 2.45) is 0 Å². The standard InChI is InChI=1S/C24H27ClN4O/c1-2-3-12-28-13-15-29(16-14-28)24(30)18-4-7-20(8-5-18)27-22-10-11-26-23-17-19(25)6-9-21(22)23/h4-11,17H,2-3,12-16H2,1H3,(H,26,27). The van der Waals surface area contributed by atoms with E-state index in [4.69, 9.17) is 11.6 Å². The third-order valence-corrected chi connectivity index (χ3v) is 5.84. The van der Waals surface area contributed by atoms with Crippen molar-refractivity contribution in [1.29, 1.82) is 0 Å². The van der Waals surface area contributed by atoms with Gasteiger partial charge in [0.2, 0.25) is 0 Å². The minimum atomic E-state index is 0.112. The molecule has 4 rings (SSSR count). The summed E-state index contributed by atoms with van der Waals surface area (Å²) in [6.07, 6.45) is 4.20. The van der Waals surface area contributed by atoms with Crippen LogP contribution in [0.3, 0.4) is 0 Å². The number of pyridine rings is 1. The van der Waals surface area contributed by atoms with Gasteiger partial charge in [-0.2, -0.15) is 0 Å². The normalized spacial score (nSPS) is 14.8. The number of rotatable bonds is 6. The van der Waals surface area contributed by atoms with Gasteiger partial charge < -0.3 is 10.2 Å². The summed E-state index contributed by atoms with van der Waals surface area (Å²) in [4.78, 5) is 21.7. The molecule has 0 spiro atoms. The second kappa shape index (κ2) is 9.45. The fourth-order valence-corrected chi connectivity index (χ4v) is 3.99. The predicted molar refractivity (Wildman–Crippen MR) is 124 cm³/mol. The Bertz CT molecular complexity index is 1010. The maximum Gasteiger partial charge on any atom is 0.253 e. The number of hydrogen-bond acceptors (Lipinski definition) is 4. The molecule has 1 aliphatic heterocycles. The molecule has 1 aliphatic rings. The summed E-state index contributed by atoms with van der Waals surface area (Å²) in [6.45, 7) is 6.87. The molecule has 2 heterocycles. The highest BCUT2D eigenvalue weighted by atomic mass is 35.5. The van der Waals surface area contributed by atoms with Crippen LogP contribution >= 0.6 is 11.6 Å². The average Bonchev–Trinajstić information content (AvgIpc) is 2.78. The molecule has 2 aromatic carbocycles. The van der Waals surface area contributed by atoms with Gasteiger partial charge in [0.1, 0.15) is 0 Å². The zero-order valence-electron chi connectivity index (χ0n) is 17.3. The number of aromatic nitrogens is 1. The van der Waals surface area contributed by atoms with E-state index in [-0.39, 0.29) is 5.91 Å². The van der Waals surface area contributed by atoms with E-state index in [1.165, 1.54) is 12.8 Å². The fourth-order valence-electron chi connectivity index (χ4n) is 3.82. The zero-order chi connectivity index (χ0) is 20.9. The highest BCUT2D eigenvalue weighted by Gasteiger charge is 2.21. The molecule has 5 nitrogen and oxygen atoms in total. The van der Waals surface area contributed by atoms with Crippen LogP contribution in [0.25, 0.3) is 10.9 Å². The first-order chi connectivity index (χ1) is 14.6.